The summed E-state index contributed by atoms with van der Waals surface area (Å²) in [6.45, 7) is 5.93. The number of hydrogen-bond acceptors (Lipinski definition) is 5. The Labute approximate surface area is 187 Å². The lowest BCUT2D eigenvalue weighted by atomic mass is 10.0. The molecule has 0 unspecified atom stereocenters. The van der Waals surface area contributed by atoms with Gasteiger partial charge in [-0.1, -0.05) is 64.8 Å². The smallest absolute Gasteiger partial charge is 0.145 e. The predicted octanol–water partition coefficient (Wildman–Crippen LogP) is 4.55. The van der Waals surface area contributed by atoms with E-state index in [2.05, 4.69) is 16.6 Å². The molecule has 1 N–H and O–H groups in total. The first-order valence-electron chi connectivity index (χ1n) is 9.86. The van der Waals surface area contributed by atoms with Crippen LogP contribution < -0.4 is 0 Å². The van der Waals surface area contributed by atoms with Crippen LogP contribution in [0.25, 0.3) is 0 Å². The van der Waals surface area contributed by atoms with E-state index in [9.17, 15) is 5.11 Å². The molecule has 1 heterocycles. The molecular formula is C23H26Cl2N2O3. The van der Waals surface area contributed by atoms with Gasteiger partial charge in [0.05, 0.1) is 25.0 Å². The molecule has 2 atom stereocenters. The maximum absolute atomic E-state index is 10.4. The Kier molecular flexibility index (Phi) is 8.73. The first-order chi connectivity index (χ1) is 14.5. The van der Waals surface area contributed by atoms with Crippen LogP contribution in [-0.4, -0.2) is 54.2 Å². The van der Waals surface area contributed by atoms with E-state index in [1.165, 1.54) is 0 Å². The van der Waals surface area contributed by atoms with Gasteiger partial charge in [-0.05, 0) is 23.8 Å². The van der Waals surface area contributed by atoms with Gasteiger partial charge < -0.3 is 14.7 Å². The summed E-state index contributed by atoms with van der Waals surface area (Å²) in [5, 5.41) is 16.0. The van der Waals surface area contributed by atoms with Crippen LogP contribution in [0.2, 0.25) is 10.0 Å². The predicted molar refractivity (Wildman–Crippen MR) is 121 cm³/mol. The second kappa shape index (κ2) is 11.5. The lowest BCUT2D eigenvalue weighted by Gasteiger charge is -2.27. The third-order valence-electron chi connectivity index (χ3n) is 4.69. The average molecular weight is 449 g/mol. The molecule has 160 valence electrons. The summed E-state index contributed by atoms with van der Waals surface area (Å²) in [5.41, 5.74) is 2.79. The minimum absolute atomic E-state index is 0.128. The summed E-state index contributed by atoms with van der Waals surface area (Å²) in [5.74, 6) is 0. The Morgan fingerprint density at radius 3 is 2.87 bits per heavy atom. The molecule has 0 amide bonds. The largest absolute Gasteiger partial charge is 0.390 e. The molecule has 0 saturated heterocycles. The van der Waals surface area contributed by atoms with E-state index in [4.69, 9.17) is 32.8 Å². The van der Waals surface area contributed by atoms with Gasteiger partial charge in [-0.2, -0.15) is 0 Å². The Hall–Kier alpha value is -1.89. The second-order valence-corrected chi connectivity index (χ2v) is 8.10. The standard InChI is InChI=1S/C23H26Cl2N2O3/c1-2-10-29-16-19(28)14-27(13-17-6-5-7-18(24)11-17)15-20-12-23(26-30-20)21-8-3-4-9-22(21)25/h2-9,11,19-20,28H,1,10,12-16H2/t19-,20+/m1/s1. The van der Waals surface area contributed by atoms with Crippen molar-refractivity contribution in [3.8, 4) is 0 Å². The molecule has 2 aromatic rings. The summed E-state index contributed by atoms with van der Waals surface area (Å²) in [6.07, 6.45) is 1.56. The first-order valence-corrected chi connectivity index (χ1v) is 10.6. The molecule has 0 spiro atoms. The number of halogens is 2. The normalized spacial score (nSPS) is 16.9. The molecule has 0 bridgehead atoms. The van der Waals surface area contributed by atoms with Crippen molar-refractivity contribution in [2.24, 2.45) is 5.16 Å². The summed E-state index contributed by atoms with van der Waals surface area (Å²) >= 11 is 12.4. The van der Waals surface area contributed by atoms with Crippen LogP contribution in [0.3, 0.4) is 0 Å². The van der Waals surface area contributed by atoms with Gasteiger partial charge >= 0.3 is 0 Å². The number of rotatable bonds is 11. The molecule has 1 aliphatic heterocycles. The highest BCUT2D eigenvalue weighted by Gasteiger charge is 2.26. The maximum atomic E-state index is 10.4. The minimum atomic E-state index is -0.630. The van der Waals surface area contributed by atoms with Crippen LogP contribution >= 0.6 is 23.2 Å². The third kappa shape index (κ3) is 6.83. The van der Waals surface area contributed by atoms with Crippen molar-refractivity contribution < 1.29 is 14.7 Å². The van der Waals surface area contributed by atoms with Crippen molar-refractivity contribution in [1.82, 2.24) is 4.90 Å². The van der Waals surface area contributed by atoms with Crippen LogP contribution in [0, 0.1) is 0 Å². The molecule has 0 radical (unpaired) electrons. The van der Waals surface area contributed by atoms with Crippen LogP contribution in [0.4, 0.5) is 0 Å². The molecular weight excluding hydrogens is 423 g/mol. The molecule has 0 fully saturated rings. The Morgan fingerprint density at radius 1 is 1.27 bits per heavy atom. The first kappa shape index (κ1) is 22.8. The number of aliphatic hydroxyl groups is 1. The lowest BCUT2D eigenvalue weighted by Crippen LogP contribution is -2.39. The van der Waals surface area contributed by atoms with Gasteiger partial charge in [0.2, 0.25) is 0 Å². The molecule has 5 nitrogen and oxygen atoms in total. The minimum Gasteiger partial charge on any atom is -0.390 e. The Balaban J connectivity index is 1.63. The van der Waals surface area contributed by atoms with E-state index < -0.39 is 6.10 Å². The lowest BCUT2D eigenvalue weighted by molar-refractivity contribution is 0.00336. The zero-order chi connectivity index (χ0) is 21.3. The topological polar surface area (TPSA) is 54.3 Å². The molecule has 2 aromatic carbocycles. The fourth-order valence-corrected chi connectivity index (χ4v) is 3.86. The van der Waals surface area contributed by atoms with Gasteiger partial charge in [0.1, 0.15) is 6.10 Å². The highest BCUT2D eigenvalue weighted by atomic mass is 35.5. The number of oxime groups is 1. The molecule has 7 heteroatoms. The monoisotopic (exact) mass is 448 g/mol. The van der Waals surface area contributed by atoms with Crippen molar-refractivity contribution in [2.75, 3.05) is 26.3 Å². The average Bonchev–Trinajstić information content (AvgIpc) is 3.16. The van der Waals surface area contributed by atoms with Gasteiger partial charge in [-0.3, -0.25) is 4.90 Å². The number of hydrogen-bond donors (Lipinski definition) is 1. The zero-order valence-corrected chi connectivity index (χ0v) is 18.2. The quantitative estimate of drug-likeness (QED) is 0.404. The summed E-state index contributed by atoms with van der Waals surface area (Å²) in [4.78, 5) is 7.81. The molecule has 0 aliphatic carbocycles. The maximum Gasteiger partial charge on any atom is 0.145 e. The number of aliphatic hydroxyl groups excluding tert-OH is 1. The Morgan fingerprint density at radius 2 is 2.10 bits per heavy atom. The highest BCUT2D eigenvalue weighted by molar-refractivity contribution is 6.34. The summed E-state index contributed by atoms with van der Waals surface area (Å²) in [7, 11) is 0. The highest BCUT2D eigenvalue weighted by Crippen LogP contribution is 2.24. The third-order valence-corrected chi connectivity index (χ3v) is 5.25. The molecule has 1 aliphatic rings. The van der Waals surface area contributed by atoms with Crippen molar-refractivity contribution in [1.29, 1.82) is 0 Å². The second-order valence-electron chi connectivity index (χ2n) is 7.25. The van der Waals surface area contributed by atoms with E-state index in [1.807, 2.05) is 48.5 Å². The van der Waals surface area contributed by atoms with Gasteiger partial charge in [0.15, 0.2) is 0 Å². The van der Waals surface area contributed by atoms with Crippen molar-refractivity contribution >= 4 is 28.9 Å². The molecule has 0 aromatic heterocycles. The van der Waals surface area contributed by atoms with Crippen LogP contribution in [0.1, 0.15) is 17.5 Å². The fraction of sp³-hybridized carbons (Fsp3) is 0.348. The van der Waals surface area contributed by atoms with Gasteiger partial charge in [0, 0.05) is 41.7 Å². The molecule has 3 rings (SSSR count). The van der Waals surface area contributed by atoms with E-state index >= 15 is 0 Å². The number of ether oxygens (including phenoxy) is 1. The van der Waals surface area contributed by atoms with Gasteiger partial charge in [-0.15, -0.1) is 6.58 Å². The number of benzene rings is 2. The van der Waals surface area contributed by atoms with Crippen LogP contribution in [0.15, 0.2) is 66.3 Å². The Bertz CT molecular complexity index is 875. The van der Waals surface area contributed by atoms with Crippen molar-refractivity contribution in [3.05, 3.63) is 82.4 Å². The van der Waals surface area contributed by atoms with E-state index in [-0.39, 0.29) is 12.7 Å². The number of nitrogens with zero attached hydrogens (tertiary/aromatic N) is 2. The zero-order valence-electron chi connectivity index (χ0n) is 16.7. The summed E-state index contributed by atoms with van der Waals surface area (Å²) in [6, 6.07) is 15.3. The van der Waals surface area contributed by atoms with E-state index in [1.54, 1.807) is 6.08 Å². The molecule has 30 heavy (non-hydrogen) atoms. The van der Waals surface area contributed by atoms with Gasteiger partial charge in [-0.25, -0.2) is 0 Å². The van der Waals surface area contributed by atoms with Crippen LogP contribution in [0.5, 0.6) is 0 Å². The van der Waals surface area contributed by atoms with E-state index in [0.29, 0.717) is 42.7 Å². The van der Waals surface area contributed by atoms with Crippen molar-refractivity contribution in [2.45, 2.75) is 25.2 Å². The molecule has 0 saturated carbocycles. The van der Waals surface area contributed by atoms with Crippen LogP contribution in [-0.2, 0) is 16.1 Å². The fourth-order valence-electron chi connectivity index (χ4n) is 3.40. The SMILES string of the molecule is C=CCOC[C@H](O)CN(Cc1cccc(Cl)c1)C[C@@H]1CC(c2ccccc2Cl)=NO1. The van der Waals surface area contributed by atoms with Crippen molar-refractivity contribution in [3.63, 3.8) is 0 Å². The summed E-state index contributed by atoms with van der Waals surface area (Å²) < 4.78 is 5.39. The van der Waals surface area contributed by atoms with E-state index in [0.717, 1.165) is 16.8 Å². The van der Waals surface area contributed by atoms with Gasteiger partial charge in [0.25, 0.3) is 0 Å².